The smallest absolute Gasteiger partial charge is 0.315 e. The zero-order valence-corrected chi connectivity index (χ0v) is 29.3. The van der Waals surface area contributed by atoms with E-state index >= 15 is 0 Å². The maximum atomic E-state index is 13.2. The van der Waals surface area contributed by atoms with E-state index in [1.165, 1.54) is 0 Å². The van der Waals surface area contributed by atoms with Gasteiger partial charge in [-0.25, -0.2) is 4.79 Å². The second kappa shape index (κ2) is 18.0. The number of amides is 2. The molecule has 0 aliphatic heterocycles. The van der Waals surface area contributed by atoms with Crippen LogP contribution in [-0.2, 0) is 28.1 Å². The van der Waals surface area contributed by atoms with Crippen LogP contribution in [-0.4, -0.2) is 97.1 Å². The average Bonchev–Trinajstić information content (AvgIpc) is 4.08. The van der Waals surface area contributed by atoms with Crippen molar-refractivity contribution < 1.29 is 44.4 Å². The normalized spacial score (nSPS) is 18.1. The Hall–Kier alpha value is -2.98. The van der Waals surface area contributed by atoms with Crippen molar-refractivity contribution in [3.63, 3.8) is 0 Å². The number of hydrogen-bond donors (Lipinski definition) is 7. The Balaban J connectivity index is 1.09. The molecular weight excluding hydrogens is 686 g/mol. The standard InChI is InChI=1S/C36H46ClN3O9S/c37-29-11-10-25(50(47)17-5-1-4-15-39-35(46)40-30(20-41)33(44)34(45)31(43)21-42)18-23(29)22-48-36(13-14-36)28-19-38-16-12-26(28)27-6-2-3-7-32(27)49-24-8-9-24/h2-3,6-7,10-12,16,18-19,24,30-31,33-34,41-45H,1,4-5,8-9,13-15,17,20-22H2,(H2,39,40,46)/t30-,31+,33+,34+,50?/m0/s1. The predicted octanol–water partition coefficient (Wildman–Crippen LogP) is 3.16. The second-order valence-corrected chi connectivity index (χ2v) is 14.8. The number of benzene rings is 2. The molecule has 3 aromatic rings. The Kier molecular flexibility index (Phi) is 13.8. The summed E-state index contributed by atoms with van der Waals surface area (Å²) in [5, 5.41) is 53.3. The van der Waals surface area contributed by atoms with Gasteiger partial charge in [0.2, 0.25) is 0 Å². The van der Waals surface area contributed by atoms with Crippen molar-refractivity contribution in [2.24, 2.45) is 0 Å². The van der Waals surface area contributed by atoms with E-state index in [1.807, 2.05) is 36.5 Å². The molecule has 272 valence electrons. The molecule has 2 fully saturated rings. The van der Waals surface area contributed by atoms with E-state index in [0.717, 1.165) is 53.7 Å². The Morgan fingerprint density at radius 3 is 2.52 bits per heavy atom. The Labute approximate surface area is 300 Å². The molecule has 1 heterocycles. The number of hydrogen-bond acceptors (Lipinski definition) is 10. The molecule has 12 nitrogen and oxygen atoms in total. The molecule has 2 aliphatic carbocycles. The lowest BCUT2D eigenvalue weighted by molar-refractivity contribution is -0.0902. The summed E-state index contributed by atoms with van der Waals surface area (Å²) in [5.41, 5.74) is 3.32. The van der Waals surface area contributed by atoms with Gasteiger partial charge in [-0.05, 0) is 86.0 Å². The van der Waals surface area contributed by atoms with Crippen LogP contribution in [0.25, 0.3) is 11.1 Å². The van der Waals surface area contributed by atoms with Crippen molar-refractivity contribution in [2.75, 3.05) is 25.5 Å². The fourth-order valence-electron chi connectivity index (χ4n) is 5.66. The lowest BCUT2D eigenvalue weighted by atomic mass is 9.96. The Morgan fingerprint density at radius 2 is 1.80 bits per heavy atom. The van der Waals surface area contributed by atoms with Gasteiger partial charge in [-0.15, -0.1) is 0 Å². The number of rotatable bonds is 20. The van der Waals surface area contributed by atoms with E-state index in [-0.39, 0.29) is 19.3 Å². The highest BCUT2D eigenvalue weighted by molar-refractivity contribution is 7.91. The Morgan fingerprint density at radius 1 is 1.02 bits per heavy atom. The third kappa shape index (κ3) is 10.1. The van der Waals surface area contributed by atoms with E-state index < -0.39 is 60.4 Å². The predicted molar refractivity (Wildman–Crippen MR) is 188 cm³/mol. The largest absolute Gasteiger partial charge is 0.611 e. The fourth-order valence-corrected chi connectivity index (χ4v) is 7.03. The van der Waals surface area contributed by atoms with Gasteiger partial charge in [0.05, 0.1) is 37.6 Å². The van der Waals surface area contributed by atoms with Crippen LogP contribution in [0.4, 0.5) is 4.79 Å². The molecule has 2 aliphatic rings. The Bertz CT molecular complexity index is 1560. The first-order valence-corrected chi connectivity index (χ1v) is 18.7. The van der Waals surface area contributed by atoms with Crippen molar-refractivity contribution in [1.29, 1.82) is 0 Å². The van der Waals surface area contributed by atoms with Crippen LogP contribution in [0.2, 0.25) is 5.02 Å². The molecule has 0 spiro atoms. The molecule has 0 saturated heterocycles. The van der Waals surface area contributed by atoms with Gasteiger partial charge in [-0.3, -0.25) is 4.98 Å². The summed E-state index contributed by atoms with van der Waals surface area (Å²) in [6.07, 6.45) is 4.64. The number of carbonyl (C=O) groups is 1. The average molecular weight is 732 g/mol. The summed E-state index contributed by atoms with van der Waals surface area (Å²) in [6.45, 7) is -0.939. The second-order valence-electron chi connectivity index (χ2n) is 12.8. The summed E-state index contributed by atoms with van der Waals surface area (Å²) in [7, 11) is 0. The van der Waals surface area contributed by atoms with E-state index in [1.54, 1.807) is 18.3 Å². The first-order valence-electron chi connectivity index (χ1n) is 17.0. The van der Waals surface area contributed by atoms with Crippen molar-refractivity contribution in [1.82, 2.24) is 15.6 Å². The number of aliphatic hydroxyl groups excluding tert-OH is 5. The summed E-state index contributed by atoms with van der Waals surface area (Å²) in [6, 6.07) is 13.5. The number of para-hydroxylation sites is 1. The number of ether oxygens (including phenoxy) is 2. The maximum absolute atomic E-state index is 13.2. The number of urea groups is 1. The minimum absolute atomic E-state index is 0.251. The van der Waals surface area contributed by atoms with Gasteiger partial charge in [0.15, 0.2) is 4.90 Å². The van der Waals surface area contributed by atoms with Gasteiger partial charge in [0.1, 0.15) is 29.8 Å². The molecule has 0 radical (unpaired) electrons. The minimum Gasteiger partial charge on any atom is -0.611 e. The highest BCUT2D eigenvalue weighted by Gasteiger charge is 2.48. The van der Waals surface area contributed by atoms with Gasteiger partial charge in [-0.2, -0.15) is 0 Å². The molecule has 5 atom stereocenters. The first kappa shape index (κ1) is 38.3. The van der Waals surface area contributed by atoms with E-state index in [0.29, 0.717) is 34.9 Å². The van der Waals surface area contributed by atoms with Gasteiger partial charge < -0.3 is 50.2 Å². The van der Waals surface area contributed by atoms with Crippen LogP contribution < -0.4 is 15.4 Å². The summed E-state index contributed by atoms with van der Waals surface area (Å²) in [4.78, 5) is 17.3. The van der Waals surface area contributed by atoms with Crippen molar-refractivity contribution in [3.05, 3.63) is 77.1 Å². The zero-order valence-electron chi connectivity index (χ0n) is 27.7. The lowest BCUT2D eigenvalue weighted by Gasteiger charge is -2.28. The highest BCUT2D eigenvalue weighted by atomic mass is 35.5. The van der Waals surface area contributed by atoms with E-state index in [4.69, 9.17) is 26.2 Å². The zero-order chi connectivity index (χ0) is 35.7. The van der Waals surface area contributed by atoms with Gasteiger partial charge >= 0.3 is 6.03 Å². The van der Waals surface area contributed by atoms with Crippen LogP contribution in [0.1, 0.15) is 56.1 Å². The topological polar surface area (TPSA) is 197 Å². The number of aromatic nitrogens is 1. The fraction of sp³-hybridized carbons (Fsp3) is 0.500. The summed E-state index contributed by atoms with van der Waals surface area (Å²) >= 11 is 5.30. The highest BCUT2D eigenvalue weighted by Crippen LogP contribution is 2.53. The quantitative estimate of drug-likeness (QED) is 0.0670. The van der Waals surface area contributed by atoms with Crippen LogP contribution >= 0.6 is 11.6 Å². The lowest BCUT2D eigenvalue weighted by Crippen LogP contribution is -2.56. The SMILES string of the molecule is O=C(NCCCCC[S+]([O-])c1ccc(Cl)c(COC2(c3cnccc3-c3ccccc3OC3CC3)CC2)c1)N[C@@H](CO)[C@@H](O)[C@H](O)[C@H](O)CO. The molecule has 2 saturated carbocycles. The summed E-state index contributed by atoms with van der Waals surface area (Å²) < 4.78 is 26.0. The molecule has 0 bridgehead atoms. The molecule has 2 aromatic carbocycles. The van der Waals surface area contributed by atoms with E-state index in [9.17, 15) is 29.8 Å². The molecule has 5 rings (SSSR count). The summed E-state index contributed by atoms with van der Waals surface area (Å²) in [5.74, 6) is 1.28. The number of nitrogens with one attached hydrogen (secondary N) is 2. The van der Waals surface area contributed by atoms with Crippen LogP contribution in [0.3, 0.4) is 0 Å². The van der Waals surface area contributed by atoms with Gasteiger partial charge in [0, 0.05) is 46.7 Å². The molecule has 2 amide bonds. The van der Waals surface area contributed by atoms with Gasteiger partial charge in [0.25, 0.3) is 0 Å². The molecule has 7 N–H and O–H groups in total. The molecule has 1 aromatic heterocycles. The monoisotopic (exact) mass is 731 g/mol. The van der Waals surface area contributed by atoms with E-state index in [2.05, 4.69) is 21.7 Å². The number of unbranched alkanes of at least 4 members (excludes halogenated alkanes) is 2. The third-order valence-electron chi connectivity index (χ3n) is 8.94. The van der Waals surface area contributed by atoms with Gasteiger partial charge in [-0.1, -0.05) is 29.8 Å². The molecule has 14 heteroatoms. The molecular formula is C36H46ClN3O9S. The molecule has 1 unspecified atom stereocenters. The maximum Gasteiger partial charge on any atom is 0.315 e. The van der Waals surface area contributed by atoms with Crippen LogP contribution in [0.5, 0.6) is 5.75 Å². The van der Waals surface area contributed by atoms with Crippen molar-refractivity contribution >= 4 is 28.8 Å². The number of carbonyl (C=O) groups excluding carboxylic acids is 1. The van der Waals surface area contributed by atoms with Crippen molar-refractivity contribution in [3.8, 4) is 16.9 Å². The number of aliphatic hydroxyl groups is 5. The number of halogens is 1. The minimum atomic E-state index is -1.75. The first-order chi connectivity index (χ1) is 24.2. The number of pyridine rings is 1. The van der Waals surface area contributed by atoms with Crippen LogP contribution in [0, 0.1) is 0 Å². The third-order valence-corrected chi connectivity index (χ3v) is 10.8. The van der Waals surface area contributed by atoms with Crippen LogP contribution in [0.15, 0.2) is 65.8 Å². The molecule has 50 heavy (non-hydrogen) atoms. The van der Waals surface area contributed by atoms with Crippen molar-refractivity contribution in [2.45, 2.75) is 92.5 Å². The number of nitrogens with zero attached hydrogens (tertiary/aromatic N) is 1.